The van der Waals surface area contributed by atoms with E-state index in [0.717, 1.165) is 16.4 Å². The standard InChI is InChI=1S/C18H15Cl3N2O2S2/c19-12-2-4-13(5-3-12)23-17-10-27(24,25)9-16(17)22-18(23)26-8-11-1-6-14(20)15(21)7-11/h1-7,16-17H,8-10H2/t16-,17-/m0/s1. The van der Waals surface area contributed by atoms with E-state index in [1.165, 1.54) is 0 Å². The molecule has 2 heterocycles. The van der Waals surface area contributed by atoms with Gasteiger partial charge < -0.3 is 4.90 Å². The molecular weight excluding hydrogens is 447 g/mol. The largest absolute Gasteiger partial charge is 0.315 e. The lowest BCUT2D eigenvalue weighted by atomic mass is 10.1. The van der Waals surface area contributed by atoms with E-state index in [9.17, 15) is 8.42 Å². The van der Waals surface area contributed by atoms with Crippen LogP contribution in [0, 0.1) is 0 Å². The Morgan fingerprint density at radius 1 is 1.04 bits per heavy atom. The van der Waals surface area contributed by atoms with Crippen molar-refractivity contribution in [1.29, 1.82) is 0 Å². The van der Waals surface area contributed by atoms with E-state index in [4.69, 9.17) is 39.8 Å². The fourth-order valence-electron chi connectivity index (χ4n) is 3.31. The lowest BCUT2D eigenvalue weighted by Gasteiger charge is -2.26. The molecule has 0 aliphatic carbocycles. The monoisotopic (exact) mass is 460 g/mol. The van der Waals surface area contributed by atoms with Crippen molar-refractivity contribution in [1.82, 2.24) is 0 Å². The fraction of sp³-hybridized carbons (Fsp3) is 0.278. The number of sulfone groups is 1. The molecule has 1 saturated heterocycles. The minimum atomic E-state index is -3.07. The van der Waals surface area contributed by atoms with Crippen molar-refractivity contribution in [3.63, 3.8) is 0 Å². The van der Waals surface area contributed by atoms with E-state index >= 15 is 0 Å². The summed E-state index contributed by atoms with van der Waals surface area (Å²) in [5, 5.41) is 2.48. The zero-order valence-corrected chi connectivity index (χ0v) is 17.9. The average Bonchev–Trinajstić information content (AvgIpc) is 3.08. The molecule has 4 rings (SSSR count). The number of fused-ring (bicyclic) bond motifs is 1. The summed E-state index contributed by atoms with van der Waals surface area (Å²) in [6, 6.07) is 12.5. The van der Waals surface area contributed by atoms with Crippen LogP contribution in [0.3, 0.4) is 0 Å². The van der Waals surface area contributed by atoms with Crippen LogP contribution in [0.25, 0.3) is 0 Å². The molecule has 2 atom stereocenters. The van der Waals surface area contributed by atoms with Crippen LogP contribution in [0.2, 0.25) is 15.1 Å². The molecule has 4 nitrogen and oxygen atoms in total. The molecule has 0 N–H and O–H groups in total. The van der Waals surface area contributed by atoms with E-state index < -0.39 is 9.84 Å². The number of hydrogen-bond donors (Lipinski definition) is 0. The maximum atomic E-state index is 12.1. The predicted octanol–water partition coefficient (Wildman–Crippen LogP) is 4.92. The number of halogens is 3. The van der Waals surface area contributed by atoms with Gasteiger partial charge in [-0.2, -0.15) is 0 Å². The Morgan fingerprint density at radius 2 is 1.78 bits per heavy atom. The first kappa shape index (κ1) is 19.4. The molecule has 0 radical (unpaired) electrons. The van der Waals surface area contributed by atoms with Gasteiger partial charge in [-0.15, -0.1) is 0 Å². The second-order valence-electron chi connectivity index (χ2n) is 6.51. The van der Waals surface area contributed by atoms with Gasteiger partial charge in [0.1, 0.15) is 0 Å². The lowest BCUT2D eigenvalue weighted by Crippen LogP contribution is -2.39. The van der Waals surface area contributed by atoms with Gasteiger partial charge in [-0.25, -0.2) is 8.42 Å². The van der Waals surface area contributed by atoms with Gasteiger partial charge in [0.2, 0.25) is 0 Å². The van der Waals surface area contributed by atoms with Crippen LogP contribution in [0.5, 0.6) is 0 Å². The fourth-order valence-corrected chi connectivity index (χ4v) is 6.67. The van der Waals surface area contributed by atoms with E-state index in [2.05, 4.69) is 0 Å². The second-order valence-corrected chi connectivity index (χ2v) is 10.9. The SMILES string of the molecule is O=S1(=O)C[C@@H]2N=C(SCc3ccc(Cl)c(Cl)c3)N(c3ccc(Cl)cc3)[C@H]2C1. The molecule has 9 heteroatoms. The topological polar surface area (TPSA) is 49.7 Å². The van der Waals surface area contributed by atoms with Gasteiger partial charge in [0.05, 0.1) is 33.6 Å². The van der Waals surface area contributed by atoms with Crippen molar-refractivity contribution in [3.8, 4) is 0 Å². The maximum Gasteiger partial charge on any atom is 0.164 e. The number of amidine groups is 1. The van der Waals surface area contributed by atoms with Crippen molar-refractivity contribution >= 4 is 67.3 Å². The molecule has 2 aliphatic heterocycles. The summed E-state index contributed by atoms with van der Waals surface area (Å²) in [4.78, 5) is 6.74. The number of rotatable bonds is 3. The van der Waals surface area contributed by atoms with Crippen LogP contribution in [0.4, 0.5) is 5.69 Å². The van der Waals surface area contributed by atoms with Crippen LogP contribution in [0.15, 0.2) is 47.5 Å². The van der Waals surface area contributed by atoms with Crippen LogP contribution >= 0.6 is 46.6 Å². The molecule has 0 saturated carbocycles. The first-order valence-corrected chi connectivity index (χ1v) is 12.2. The lowest BCUT2D eigenvalue weighted by molar-refractivity contribution is 0.601. The highest BCUT2D eigenvalue weighted by molar-refractivity contribution is 8.13. The Balaban J connectivity index is 1.60. The number of thioether (sulfide) groups is 1. The smallest absolute Gasteiger partial charge is 0.164 e. The van der Waals surface area contributed by atoms with Crippen LogP contribution in [0.1, 0.15) is 5.56 Å². The minimum absolute atomic E-state index is 0.0958. The van der Waals surface area contributed by atoms with E-state index in [1.807, 2.05) is 29.2 Å². The molecule has 2 aliphatic rings. The normalized spacial score (nSPS) is 23.4. The van der Waals surface area contributed by atoms with Crippen LogP contribution in [-0.4, -0.2) is 37.2 Å². The third-order valence-corrected chi connectivity index (χ3v) is 8.29. The van der Waals surface area contributed by atoms with Gasteiger partial charge in [0.15, 0.2) is 15.0 Å². The van der Waals surface area contributed by atoms with Crippen molar-refractivity contribution in [2.24, 2.45) is 4.99 Å². The molecule has 27 heavy (non-hydrogen) atoms. The van der Waals surface area contributed by atoms with E-state index in [-0.39, 0.29) is 23.6 Å². The maximum absolute atomic E-state index is 12.1. The highest BCUT2D eigenvalue weighted by Crippen LogP contribution is 2.36. The molecule has 0 spiro atoms. The third-order valence-electron chi connectivity index (χ3n) is 4.56. The van der Waals surface area contributed by atoms with Gasteiger partial charge in [0, 0.05) is 16.5 Å². The molecule has 142 valence electrons. The van der Waals surface area contributed by atoms with Crippen LogP contribution < -0.4 is 4.90 Å². The highest BCUT2D eigenvalue weighted by Gasteiger charge is 2.47. The number of hydrogen-bond acceptors (Lipinski definition) is 5. The summed E-state index contributed by atoms with van der Waals surface area (Å²) in [6.07, 6.45) is 0. The minimum Gasteiger partial charge on any atom is -0.315 e. The average molecular weight is 462 g/mol. The van der Waals surface area contributed by atoms with Gasteiger partial charge in [-0.1, -0.05) is 52.6 Å². The summed E-state index contributed by atoms with van der Waals surface area (Å²) >= 11 is 19.6. The van der Waals surface area contributed by atoms with Gasteiger partial charge >= 0.3 is 0 Å². The van der Waals surface area contributed by atoms with E-state index in [1.54, 1.807) is 30.0 Å². The Bertz CT molecular complexity index is 1010. The Morgan fingerprint density at radius 3 is 2.48 bits per heavy atom. The number of benzene rings is 2. The summed E-state index contributed by atoms with van der Waals surface area (Å²) in [6.45, 7) is 0. The zero-order chi connectivity index (χ0) is 19.2. The van der Waals surface area contributed by atoms with Gasteiger partial charge in [-0.05, 0) is 42.0 Å². The summed E-state index contributed by atoms with van der Waals surface area (Å²) in [5.41, 5.74) is 1.92. The van der Waals surface area contributed by atoms with Gasteiger partial charge in [0.25, 0.3) is 0 Å². The molecule has 2 aromatic rings. The van der Waals surface area contributed by atoms with Gasteiger partial charge in [-0.3, -0.25) is 4.99 Å². The van der Waals surface area contributed by atoms with Crippen LogP contribution in [-0.2, 0) is 15.6 Å². The number of anilines is 1. The Labute approximate surface area is 177 Å². The van der Waals surface area contributed by atoms with Crippen molar-refractivity contribution in [2.45, 2.75) is 17.8 Å². The summed E-state index contributed by atoms with van der Waals surface area (Å²) < 4.78 is 24.2. The quantitative estimate of drug-likeness (QED) is 0.651. The Kier molecular flexibility index (Phi) is 5.38. The van der Waals surface area contributed by atoms with Crippen molar-refractivity contribution in [2.75, 3.05) is 16.4 Å². The Hall–Kier alpha value is -0.920. The zero-order valence-electron chi connectivity index (χ0n) is 14.0. The van der Waals surface area contributed by atoms with Crippen molar-refractivity contribution in [3.05, 3.63) is 63.1 Å². The highest BCUT2D eigenvalue weighted by atomic mass is 35.5. The van der Waals surface area contributed by atoms with E-state index in [0.29, 0.717) is 20.8 Å². The molecule has 0 amide bonds. The summed E-state index contributed by atoms with van der Waals surface area (Å²) in [5.74, 6) is 0.866. The molecule has 0 unspecified atom stereocenters. The number of aliphatic imine (C=N–C) groups is 1. The second kappa shape index (κ2) is 7.48. The predicted molar refractivity (Wildman–Crippen MR) is 115 cm³/mol. The molecule has 0 aromatic heterocycles. The third kappa shape index (κ3) is 4.10. The molecular formula is C18H15Cl3N2O2S2. The number of nitrogens with zero attached hydrogens (tertiary/aromatic N) is 2. The first-order valence-electron chi connectivity index (χ1n) is 8.22. The van der Waals surface area contributed by atoms with Crippen molar-refractivity contribution < 1.29 is 8.42 Å². The molecule has 0 bridgehead atoms. The first-order chi connectivity index (χ1) is 12.8. The molecule has 1 fully saturated rings. The molecule has 2 aromatic carbocycles. The summed E-state index contributed by atoms with van der Waals surface area (Å²) in [7, 11) is -3.07.